The first-order chi connectivity index (χ1) is 8.86. The van der Waals surface area contributed by atoms with Gasteiger partial charge in [0.05, 0.1) is 30.1 Å². The van der Waals surface area contributed by atoms with Crippen molar-refractivity contribution in [2.45, 2.75) is 6.54 Å². The first kappa shape index (κ1) is 10.5. The number of hydrogen-bond donors (Lipinski definition) is 0. The second-order valence-corrected chi connectivity index (χ2v) is 4.16. The number of nitriles is 1. The fourth-order valence-electron chi connectivity index (χ4n) is 2.03. The highest BCUT2D eigenvalue weighted by molar-refractivity contribution is 5.84. The van der Waals surface area contributed by atoms with Gasteiger partial charge in [0.2, 0.25) is 0 Å². The minimum atomic E-state index is 0.654. The molecular formula is C15H11N3. The van der Waals surface area contributed by atoms with Crippen molar-refractivity contribution in [1.82, 2.24) is 0 Å². The lowest BCUT2D eigenvalue weighted by atomic mass is 10.1. The standard InChI is InChI=1S/C15H11N3/c16-9-12-4-3-7-15(8-12)18-11-14-6-2-1-5-13(14)10-17-18/h1-8,10H,11H2. The zero-order chi connectivity index (χ0) is 12.4. The molecule has 0 N–H and O–H groups in total. The quantitative estimate of drug-likeness (QED) is 0.759. The number of hydrazone groups is 1. The van der Waals surface area contributed by atoms with Crippen LogP contribution in [0.2, 0.25) is 0 Å². The van der Waals surface area contributed by atoms with Crippen LogP contribution in [0.5, 0.6) is 0 Å². The first-order valence-electron chi connectivity index (χ1n) is 5.76. The van der Waals surface area contributed by atoms with Crippen LogP contribution >= 0.6 is 0 Å². The summed E-state index contributed by atoms with van der Waals surface area (Å²) in [5.41, 5.74) is 4.00. The Morgan fingerprint density at radius 3 is 2.89 bits per heavy atom. The maximum absolute atomic E-state index is 8.91. The van der Waals surface area contributed by atoms with E-state index in [1.807, 2.05) is 41.6 Å². The summed E-state index contributed by atoms with van der Waals surface area (Å²) in [6.45, 7) is 0.738. The molecule has 2 aromatic rings. The summed E-state index contributed by atoms with van der Waals surface area (Å²) < 4.78 is 0. The van der Waals surface area contributed by atoms with Crippen LogP contribution in [-0.2, 0) is 6.54 Å². The fraction of sp³-hybridized carbons (Fsp3) is 0.0667. The molecule has 3 nitrogen and oxygen atoms in total. The zero-order valence-corrected chi connectivity index (χ0v) is 9.74. The van der Waals surface area contributed by atoms with Crippen molar-refractivity contribution in [3.63, 3.8) is 0 Å². The van der Waals surface area contributed by atoms with Crippen molar-refractivity contribution in [2.75, 3.05) is 5.01 Å². The monoisotopic (exact) mass is 233 g/mol. The third-order valence-electron chi connectivity index (χ3n) is 2.98. The first-order valence-corrected chi connectivity index (χ1v) is 5.76. The Bertz CT molecular complexity index is 653. The van der Waals surface area contributed by atoms with Crippen molar-refractivity contribution in [1.29, 1.82) is 5.26 Å². The predicted molar refractivity (Wildman–Crippen MR) is 71.4 cm³/mol. The lowest BCUT2D eigenvalue weighted by molar-refractivity contribution is 0.843. The number of hydrogen-bond acceptors (Lipinski definition) is 3. The average Bonchev–Trinajstić information content (AvgIpc) is 2.47. The largest absolute Gasteiger partial charge is 0.261 e. The Morgan fingerprint density at radius 1 is 1.11 bits per heavy atom. The second-order valence-electron chi connectivity index (χ2n) is 4.16. The molecule has 0 bridgehead atoms. The van der Waals surface area contributed by atoms with Gasteiger partial charge in [0.1, 0.15) is 0 Å². The molecule has 0 aliphatic carbocycles. The van der Waals surface area contributed by atoms with E-state index in [4.69, 9.17) is 5.26 Å². The van der Waals surface area contributed by atoms with Crippen molar-refractivity contribution >= 4 is 11.9 Å². The van der Waals surface area contributed by atoms with Gasteiger partial charge in [-0.05, 0) is 29.3 Å². The second kappa shape index (κ2) is 4.34. The molecule has 3 rings (SSSR count). The van der Waals surface area contributed by atoms with Gasteiger partial charge in [-0.25, -0.2) is 0 Å². The van der Waals surface area contributed by atoms with E-state index in [1.165, 1.54) is 5.56 Å². The summed E-state index contributed by atoms with van der Waals surface area (Å²) in [4.78, 5) is 0. The van der Waals surface area contributed by atoms with Crippen LogP contribution in [0.3, 0.4) is 0 Å². The van der Waals surface area contributed by atoms with Gasteiger partial charge in [0.15, 0.2) is 0 Å². The Hall–Kier alpha value is -2.60. The highest BCUT2D eigenvalue weighted by Gasteiger charge is 2.12. The minimum absolute atomic E-state index is 0.654. The molecule has 0 unspecified atom stereocenters. The van der Waals surface area contributed by atoms with Crippen molar-refractivity contribution < 1.29 is 0 Å². The molecule has 0 aromatic heterocycles. The van der Waals surface area contributed by atoms with E-state index in [-0.39, 0.29) is 0 Å². The van der Waals surface area contributed by atoms with Crippen LogP contribution in [0.4, 0.5) is 5.69 Å². The SMILES string of the molecule is N#Cc1cccc(N2Cc3ccccc3C=N2)c1. The molecule has 86 valence electrons. The van der Waals surface area contributed by atoms with E-state index >= 15 is 0 Å². The molecule has 18 heavy (non-hydrogen) atoms. The Labute approximate surface area is 106 Å². The molecule has 0 radical (unpaired) electrons. The van der Waals surface area contributed by atoms with Gasteiger partial charge >= 0.3 is 0 Å². The Balaban J connectivity index is 1.95. The average molecular weight is 233 g/mol. The van der Waals surface area contributed by atoms with Gasteiger partial charge in [-0.1, -0.05) is 30.3 Å². The number of anilines is 1. The smallest absolute Gasteiger partial charge is 0.0992 e. The van der Waals surface area contributed by atoms with Crippen LogP contribution in [0, 0.1) is 11.3 Å². The van der Waals surface area contributed by atoms with E-state index in [2.05, 4.69) is 23.3 Å². The van der Waals surface area contributed by atoms with E-state index in [1.54, 1.807) is 6.07 Å². The molecule has 1 aliphatic rings. The van der Waals surface area contributed by atoms with E-state index in [9.17, 15) is 0 Å². The summed E-state index contributed by atoms with van der Waals surface area (Å²) in [5, 5.41) is 15.2. The molecule has 0 amide bonds. The van der Waals surface area contributed by atoms with Gasteiger partial charge in [-0.15, -0.1) is 0 Å². The molecule has 0 atom stereocenters. The number of fused-ring (bicyclic) bond motifs is 1. The fourth-order valence-corrected chi connectivity index (χ4v) is 2.03. The maximum atomic E-state index is 8.91. The summed E-state index contributed by atoms with van der Waals surface area (Å²) in [6, 6.07) is 17.8. The molecule has 1 heterocycles. The van der Waals surface area contributed by atoms with E-state index < -0.39 is 0 Å². The van der Waals surface area contributed by atoms with Crippen LogP contribution in [-0.4, -0.2) is 6.21 Å². The molecule has 0 saturated heterocycles. The van der Waals surface area contributed by atoms with E-state index in [0.717, 1.165) is 17.8 Å². The highest BCUT2D eigenvalue weighted by Crippen LogP contribution is 2.23. The van der Waals surface area contributed by atoms with E-state index in [0.29, 0.717) is 5.56 Å². The van der Waals surface area contributed by atoms with Crippen LogP contribution in [0.25, 0.3) is 0 Å². The normalized spacial score (nSPS) is 12.9. The van der Waals surface area contributed by atoms with Crippen LogP contribution in [0.1, 0.15) is 16.7 Å². The van der Waals surface area contributed by atoms with Gasteiger partial charge in [0.25, 0.3) is 0 Å². The predicted octanol–water partition coefficient (Wildman–Crippen LogP) is 2.91. The number of nitrogens with zero attached hydrogens (tertiary/aromatic N) is 3. The van der Waals surface area contributed by atoms with Gasteiger partial charge in [-0.2, -0.15) is 10.4 Å². The maximum Gasteiger partial charge on any atom is 0.0992 e. The van der Waals surface area contributed by atoms with Crippen LogP contribution < -0.4 is 5.01 Å². The summed E-state index contributed by atoms with van der Waals surface area (Å²) in [5.74, 6) is 0. The highest BCUT2D eigenvalue weighted by atomic mass is 15.5. The molecule has 0 saturated carbocycles. The molecule has 2 aromatic carbocycles. The lowest BCUT2D eigenvalue weighted by Gasteiger charge is -2.23. The molecule has 1 aliphatic heterocycles. The third kappa shape index (κ3) is 1.85. The Morgan fingerprint density at radius 2 is 2.00 bits per heavy atom. The minimum Gasteiger partial charge on any atom is -0.261 e. The van der Waals surface area contributed by atoms with Crippen molar-refractivity contribution in [2.24, 2.45) is 5.10 Å². The van der Waals surface area contributed by atoms with Crippen molar-refractivity contribution in [3.8, 4) is 6.07 Å². The third-order valence-corrected chi connectivity index (χ3v) is 2.98. The van der Waals surface area contributed by atoms with Gasteiger partial charge < -0.3 is 0 Å². The Kier molecular flexibility index (Phi) is 2.54. The van der Waals surface area contributed by atoms with Crippen LogP contribution in [0.15, 0.2) is 53.6 Å². The van der Waals surface area contributed by atoms with Crippen molar-refractivity contribution in [3.05, 3.63) is 65.2 Å². The molecular weight excluding hydrogens is 222 g/mol. The summed E-state index contributed by atoms with van der Waals surface area (Å²) in [6.07, 6.45) is 1.86. The van der Waals surface area contributed by atoms with Gasteiger partial charge in [0, 0.05) is 0 Å². The summed E-state index contributed by atoms with van der Waals surface area (Å²) in [7, 11) is 0. The molecule has 0 spiro atoms. The number of rotatable bonds is 1. The topological polar surface area (TPSA) is 39.4 Å². The molecule has 0 fully saturated rings. The number of benzene rings is 2. The van der Waals surface area contributed by atoms with Gasteiger partial charge in [-0.3, -0.25) is 5.01 Å². The zero-order valence-electron chi connectivity index (χ0n) is 9.74. The molecule has 3 heteroatoms. The summed E-state index contributed by atoms with van der Waals surface area (Å²) >= 11 is 0. The lowest BCUT2D eigenvalue weighted by Crippen LogP contribution is -2.20.